The number of benzene rings is 3. The Labute approximate surface area is 236 Å². The van der Waals surface area contributed by atoms with E-state index < -0.39 is 29.9 Å². The number of aliphatic hydroxyl groups excluding tert-OH is 1. The van der Waals surface area contributed by atoms with E-state index in [2.05, 4.69) is 0 Å². The molecular formula is C32H32F3N3O3. The van der Waals surface area contributed by atoms with Gasteiger partial charge in [0.05, 0.1) is 23.8 Å². The van der Waals surface area contributed by atoms with E-state index in [-0.39, 0.29) is 31.1 Å². The zero-order chi connectivity index (χ0) is 29.3. The number of hydrogen-bond donors (Lipinski definition) is 1. The van der Waals surface area contributed by atoms with Gasteiger partial charge in [-0.05, 0) is 42.8 Å². The summed E-state index contributed by atoms with van der Waals surface area (Å²) in [6.07, 6.45) is -3.32. The van der Waals surface area contributed by atoms with Crippen molar-refractivity contribution in [1.82, 2.24) is 14.4 Å². The predicted octanol–water partition coefficient (Wildman–Crippen LogP) is 5.08. The van der Waals surface area contributed by atoms with Crippen molar-refractivity contribution in [3.63, 3.8) is 0 Å². The fraction of sp³-hybridized carbons (Fsp3) is 0.312. The van der Waals surface area contributed by atoms with Crippen molar-refractivity contribution in [2.24, 2.45) is 7.05 Å². The molecular weight excluding hydrogens is 531 g/mol. The number of nitrogens with zero attached hydrogens (tertiary/aromatic N) is 3. The van der Waals surface area contributed by atoms with Crippen LogP contribution in [0.4, 0.5) is 13.2 Å². The summed E-state index contributed by atoms with van der Waals surface area (Å²) in [5.74, 6) is -0.593. The Morgan fingerprint density at radius 3 is 2.32 bits per heavy atom. The van der Waals surface area contributed by atoms with E-state index in [9.17, 15) is 27.9 Å². The monoisotopic (exact) mass is 563 g/mol. The van der Waals surface area contributed by atoms with Crippen molar-refractivity contribution in [2.75, 3.05) is 13.6 Å². The molecule has 214 valence electrons. The maximum absolute atomic E-state index is 14.2. The molecule has 1 amide bonds. The van der Waals surface area contributed by atoms with Crippen LogP contribution in [-0.4, -0.2) is 62.9 Å². The second-order valence-electron chi connectivity index (χ2n) is 10.7. The summed E-state index contributed by atoms with van der Waals surface area (Å²) in [5.41, 5.74) is 2.13. The third-order valence-electron chi connectivity index (χ3n) is 7.83. The molecule has 0 aliphatic carbocycles. The molecule has 0 bridgehead atoms. The summed E-state index contributed by atoms with van der Waals surface area (Å²) in [6, 6.07) is 20.2. The molecule has 3 unspecified atom stereocenters. The molecule has 6 nitrogen and oxygen atoms in total. The maximum atomic E-state index is 14.2. The normalized spacial score (nSPS) is 18.3. The lowest BCUT2D eigenvalue weighted by atomic mass is 9.98. The molecule has 1 aliphatic rings. The first kappa shape index (κ1) is 28.6. The van der Waals surface area contributed by atoms with Crippen LogP contribution in [0.1, 0.15) is 33.5 Å². The summed E-state index contributed by atoms with van der Waals surface area (Å²) in [4.78, 5) is 31.4. The Balaban J connectivity index is 1.45. The number of β-amino-alcohol motifs (C(OH)–C–C–N with tert-alkyl or cyclic N) is 1. The number of likely N-dealkylation sites (N-methyl/N-ethyl adjacent to an activating group) is 1. The molecule has 0 radical (unpaired) electrons. The largest absolute Gasteiger partial charge is 0.416 e. The molecule has 41 heavy (non-hydrogen) atoms. The van der Waals surface area contributed by atoms with Crippen LogP contribution in [0.3, 0.4) is 0 Å². The number of rotatable bonds is 8. The second-order valence-corrected chi connectivity index (χ2v) is 10.7. The highest BCUT2D eigenvalue weighted by atomic mass is 19.4. The lowest BCUT2D eigenvalue weighted by Gasteiger charge is -2.33. The smallest absolute Gasteiger partial charge is 0.391 e. The van der Waals surface area contributed by atoms with E-state index in [0.717, 1.165) is 28.6 Å². The number of amides is 1. The predicted molar refractivity (Wildman–Crippen MR) is 150 cm³/mol. The van der Waals surface area contributed by atoms with E-state index in [1.807, 2.05) is 71.1 Å². The minimum absolute atomic E-state index is 0.00267. The minimum Gasteiger partial charge on any atom is -0.391 e. The second kappa shape index (κ2) is 11.5. The van der Waals surface area contributed by atoms with Gasteiger partial charge in [-0.1, -0.05) is 60.7 Å². The molecule has 5 rings (SSSR count). The Hall–Kier alpha value is -3.95. The van der Waals surface area contributed by atoms with Gasteiger partial charge in [-0.3, -0.25) is 14.5 Å². The van der Waals surface area contributed by atoms with Gasteiger partial charge >= 0.3 is 6.18 Å². The summed E-state index contributed by atoms with van der Waals surface area (Å²) < 4.78 is 41.3. The van der Waals surface area contributed by atoms with Gasteiger partial charge in [0.25, 0.3) is 0 Å². The first-order chi connectivity index (χ1) is 19.5. The first-order valence-electron chi connectivity index (χ1n) is 13.5. The molecule has 0 spiro atoms. The number of Topliss-reactive ketones (excluding diaryl/α,β-unsaturated/α-hetero) is 1. The van der Waals surface area contributed by atoms with Crippen molar-refractivity contribution >= 4 is 22.6 Å². The molecule has 1 saturated heterocycles. The summed E-state index contributed by atoms with van der Waals surface area (Å²) in [6.45, 7) is 0.416. The maximum Gasteiger partial charge on any atom is 0.416 e. The zero-order valence-electron chi connectivity index (χ0n) is 22.9. The minimum atomic E-state index is -4.46. The quantitative estimate of drug-likeness (QED) is 0.304. The average molecular weight is 564 g/mol. The highest BCUT2D eigenvalue weighted by Crippen LogP contribution is 2.31. The fourth-order valence-electron chi connectivity index (χ4n) is 5.68. The van der Waals surface area contributed by atoms with Crippen LogP contribution >= 0.6 is 0 Å². The number of ketones is 1. The Morgan fingerprint density at radius 1 is 0.976 bits per heavy atom. The lowest BCUT2D eigenvalue weighted by Crippen LogP contribution is -2.51. The molecule has 1 fully saturated rings. The molecule has 3 aromatic carbocycles. The number of alkyl halides is 3. The van der Waals surface area contributed by atoms with E-state index in [0.29, 0.717) is 17.7 Å². The first-order valence-corrected chi connectivity index (χ1v) is 13.5. The van der Waals surface area contributed by atoms with Crippen LogP contribution in [0.5, 0.6) is 0 Å². The third-order valence-corrected chi connectivity index (χ3v) is 7.83. The molecule has 9 heteroatoms. The topological polar surface area (TPSA) is 65.8 Å². The number of aliphatic hydroxyl groups is 1. The highest BCUT2D eigenvalue weighted by molar-refractivity contribution is 6.11. The van der Waals surface area contributed by atoms with E-state index in [1.165, 1.54) is 17.0 Å². The van der Waals surface area contributed by atoms with Gasteiger partial charge in [0.1, 0.15) is 0 Å². The van der Waals surface area contributed by atoms with Crippen molar-refractivity contribution in [2.45, 2.75) is 43.8 Å². The number of fused-ring (bicyclic) bond motifs is 1. The lowest BCUT2D eigenvalue weighted by molar-refractivity contribution is -0.138. The van der Waals surface area contributed by atoms with Gasteiger partial charge in [-0.2, -0.15) is 13.2 Å². The van der Waals surface area contributed by atoms with Crippen LogP contribution < -0.4 is 0 Å². The molecule has 1 N–H and O–H groups in total. The molecule has 2 heterocycles. The van der Waals surface area contributed by atoms with Gasteiger partial charge < -0.3 is 14.6 Å². The van der Waals surface area contributed by atoms with Crippen LogP contribution in [0.2, 0.25) is 0 Å². The van der Waals surface area contributed by atoms with E-state index in [1.54, 1.807) is 13.2 Å². The Morgan fingerprint density at radius 2 is 1.63 bits per heavy atom. The van der Waals surface area contributed by atoms with Crippen LogP contribution in [-0.2, 0) is 31.0 Å². The Bertz CT molecular complexity index is 1530. The number of aryl methyl sites for hydroxylation is 1. The van der Waals surface area contributed by atoms with Gasteiger partial charge in [0, 0.05) is 49.2 Å². The molecule has 0 saturated carbocycles. The number of likely N-dealkylation sites (tertiary alicyclic amines) is 1. The van der Waals surface area contributed by atoms with Crippen LogP contribution in [0, 0.1) is 0 Å². The van der Waals surface area contributed by atoms with Gasteiger partial charge in [0.15, 0.2) is 5.78 Å². The molecule has 3 atom stereocenters. The van der Waals surface area contributed by atoms with Crippen molar-refractivity contribution in [1.29, 1.82) is 0 Å². The van der Waals surface area contributed by atoms with Crippen molar-refractivity contribution in [3.8, 4) is 0 Å². The number of para-hydroxylation sites is 1. The number of halogens is 3. The number of carbonyl (C=O) groups excluding carboxylic acids is 2. The number of carbonyl (C=O) groups is 2. The van der Waals surface area contributed by atoms with Crippen molar-refractivity contribution in [3.05, 3.63) is 107 Å². The summed E-state index contributed by atoms with van der Waals surface area (Å²) >= 11 is 0. The highest BCUT2D eigenvalue weighted by Gasteiger charge is 2.43. The van der Waals surface area contributed by atoms with Gasteiger partial charge in [-0.25, -0.2) is 0 Å². The SMILES string of the molecule is CN(Cc1ccccc1)C(Cc1ccc(C(F)(F)F)cc1)C(=O)N1CC(O)CC1C(=O)c1cn(C)c2ccccc12. The van der Waals surface area contributed by atoms with Gasteiger partial charge in [-0.15, -0.1) is 0 Å². The fourth-order valence-corrected chi connectivity index (χ4v) is 5.68. The zero-order valence-corrected chi connectivity index (χ0v) is 22.9. The van der Waals surface area contributed by atoms with E-state index in [4.69, 9.17) is 0 Å². The third kappa shape index (κ3) is 6.06. The molecule has 1 aliphatic heterocycles. The summed E-state index contributed by atoms with van der Waals surface area (Å²) in [5, 5.41) is 11.4. The Kier molecular flexibility index (Phi) is 8.02. The molecule has 1 aromatic heterocycles. The van der Waals surface area contributed by atoms with Gasteiger partial charge in [0.2, 0.25) is 5.91 Å². The molecule has 4 aromatic rings. The summed E-state index contributed by atoms with van der Waals surface area (Å²) in [7, 11) is 3.64. The standard InChI is InChI=1S/C32H32F3N3O3/c1-36(18-22-8-4-3-5-9-22)29(16-21-12-14-23(15-13-21)32(33,34)35)31(41)38-19-24(39)17-28(38)30(40)26-20-37(2)27-11-7-6-10-25(26)27/h3-15,20,24,28-29,39H,16-19H2,1-2H3. The van der Waals surface area contributed by atoms with Crippen LogP contribution in [0.25, 0.3) is 10.9 Å². The number of aromatic nitrogens is 1. The van der Waals surface area contributed by atoms with E-state index >= 15 is 0 Å². The van der Waals surface area contributed by atoms with Crippen LogP contribution in [0.15, 0.2) is 85.1 Å². The average Bonchev–Trinajstić information content (AvgIpc) is 3.51. The van der Waals surface area contributed by atoms with Crippen molar-refractivity contribution < 1.29 is 27.9 Å². The number of hydrogen-bond acceptors (Lipinski definition) is 4.